The van der Waals surface area contributed by atoms with Crippen LogP contribution < -0.4 is 5.32 Å². The SMILES string of the molecule is C=CC/C=C\C=C(/C)CNC. The Morgan fingerprint density at radius 2 is 2.27 bits per heavy atom. The molecule has 62 valence electrons. The molecule has 0 aliphatic heterocycles. The Balaban J connectivity index is 3.61. The molecule has 1 nitrogen and oxygen atoms in total. The maximum Gasteiger partial charge on any atom is 0.0161 e. The molecule has 0 spiro atoms. The van der Waals surface area contributed by atoms with Crippen molar-refractivity contribution in [2.45, 2.75) is 13.3 Å². The third kappa shape index (κ3) is 7.07. The van der Waals surface area contributed by atoms with E-state index in [4.69, 9.17) is 0 Å². The third-order valence-electron chi connectivity index (χ3n) is 1.28. The molecule has 0 heterocycles. The standard InChI is InChI=1S/C10H17N/c1-4-5-6-7-8-10(2)9-11-3/h4,6-8,11H,1,5,9H2,2-3H3/b7-6-,10-8+. The second-order valence-electron chi connectivity index (χ2n) is 2.50. The lowest BCUT2D eigenvalue weighted by atomic mass is 10.2. The molecular weight excluding hydrogens is 134 g/mol. The van der Waals surface area contributed by atoms with Crippen LogP contribution in [0.25, 0.3) is 0 Å². The van der Waals surface area contributed by atoms with Gasteiger partial charge < -0.3 is 5.32 Å². The lowest BCUT2D eigenvalue weighted by Gasteiger charge is -1.95. The molecule has 0 aliphatic carbocycles. The average molecular weight is 151 g/mol. The predicted molar refractivity (Wildman–Crippen MR) is 51.6 cm³/mol. The summed E-state index contributed by atoms with van der Waals surface area (Å²) in [4.78, 5) is 0. The second-order valence-corrected chi connectivity index (χ2v) is 2.50. The summed E-state index contributed by atoms with van der Waals surface area (Å²) in [5, 5.41) is 3.09. The Labute approximate surface area is 69.5 Å². The van der Waals surface area contributed by atoms with E-state index in [9.17, 15) is 0 Å². The maximum absolute atomic E-state index is 3.63. The van der Waals surface area contributed by atoms with Gasteiger partial charge in [-0.2, -0.15) is 0 Å². The van der Waals surface area contributed by atoms with Gasteiger partial charge in [-0.25, -0.2) is 0 Å². The fourth-order valence-electron chi connectivity index (χ4n) is 0.745. The highest BCUT2D eigenvalue weighted by Gasteiger charge is 1.80. The van der Waals surface area contributed by atoms with Crippen molar-refractivity contribution < 1.29 is 0 Å². The van der Waals surface area contributed by atoms with E-state index in [1.165, 1.54) is 5.57 Å². The first-order valence-corrected chi connectivity index (χ1v) is 3.89. The zero-order chi connectivity index (χ0) is 8.53. The van der Waals surface area contributed by atoms with Gasteiger partial charge in [0.15, 0.2) is 0 Å². The van der Waals surface area contributed by atoms with Crippen molar-refractivity contribution in [3.05, 3.63) is 36.5 Å². The molecule has 11 heavy (non-hydrogen) atoms. The molecule has 1 heteroatoms. The Kier molecular flexibility index (Phi) is 6.75. The number of rotatable bonds is 5. The summed E-state index contributed by atoms with van der Waals surface area (Å²) in [6.45, 7) is 6.69. The molecule has 0 aromatic heterocycles. The zero-order valence-electron chi connectivity index (χ0n) is 7.43. The monoisotopic (exact) mass is 151 g/mol. The molecule has 0 saturated heterocycles. The van der Waals surface area contributed by atoms with Crippen LogP contribution in [0, 0.1) is 0 Å². The van der Waals surface area contributed by atoms with Gasteiger partial charge in [-0.15, -0.1) is 6.58 Å². The molecule has 1 N–H and O–H groups in total. The van der Waals surface area contributed by atoms with Crippen molar-refractivity contribution in [3.63, 3.8) is 0 Å². The van der Waals surface area contributed by atoms with Crippen LogP contribution in [0.3, 0.4) is 0 Å². The lowest BCUT2D eigenvalue weighted by Crippen LogP contribution is -2.08. The number of hydrogen-bond donors (Lipinski definition) is 1. The highest BCUT2D eigenvalue weighted by Crippen LogP contribution is 1.91. The van der Waals surface area contributed by atoms with Crippen molar-refractivity contribution in [3.8, 4) is 0 Å². The van der Waals surface area contributed by atoms with Crippen molar-refractivity contribution in [2.24, 2.45) is 0 Å². The molecule has 0 fully saturated rings. The largest absolute Gasteiger partial charge is 0.316 e. The summed E-state index contributed by atoms with van der Waals surface area (Å²) < 4.78 is 0. The van der Waals surface area contributed by atoms with Gasteiger partial charge in [0, 0.05) is 6.54 Å². The normalized spacial score (nSPS) is 12.4. The first kappa shape index (κ1) is 10.2. The minimum Gasteiger partial charge on any atom is -0.316 e. The van der Waals surface area contributed by atoms with E-state index < -0.39 is 0 Å². The van der Waals surface area contributed by atoms with Crippen LogP contribution >= 0.6 is 0 Å². The highest BCUT2D eigenvalue weighted by atomic mass is 14.8. The molecular formula is C10H17N. The third-order valence-corrected chi connectivity index (χ3v) is 1.28. The van der Waals surface area contributed by atoms with Crippen LogP contribution in [-0.2, 0) is 0 Å². The van der Waals surface area contributed by atoms with Crippen LogP contribution in [0.4, 0.5) is 0 Å². The first-order valence-electron chi connectivity index (χ1n) is 3.89. The van der Waals surface area contributed by atoms with E-state index in [1.54, 1.807) is 0 Å². The molecule has 0 aromatic carbocycles. The Bertz CT molecular complexity index is 154. The van der Waals surface area contributed by atoms with Crippen LogP contribution in [0.5, 0.6) is 0 Å². The van der Waals surface area contributed by atoms with Gasteiger partial charge in [0.1, 0.15) is 0 Å². The molecule has 0 aromatic rings. The Hall–Kier alpha value is -0.820. The van der Waals surface area contributed by atoms with Crippen LogP contribution in [0.2, 0.25) is 0 Å². The van der Waals surface area contributed by atoms with Gasteiger partial charge in [-0.1, -0.05) is 29.9 Å². The zero-order valence-corrected chi connectivity index (χ0v) is 7.43. The number of likely N-dealkylation sites (N-methyl/N-ethyl adjacent to an activating group) is 1. The fraction of sp³-hybridized carbons (Fsp3) is 0.400. The molecule has 0 saturated carbocycles. The van der Waals surface area contributed by atoms with Crippen molar-refractivity contribution in [1.82, 2.24) is 5.32 Å². The van der Waals surface area contributed by atoms with Gasteiger partial charge in [0.25, 0.3) is 0 Å². The van der Waals surface area contributed by atoms with Crippen LogP contribution in [-0.4, -0.2) is 13.6 Å². The van der Waals surface area contributed by atoms with Gasteiger partial charge >= 0.3 is 0 Å². The van der Waals surface area contributed by atoms with Gasteiger partial charge in [-0.3, -0.25) is 0 Å². The van der Waals surface area contributed by atoms with Gasteiger partial charge in [-0.05, 0) is 20.4 Å². The van der Waals surface area contributed by atoms with Gasteiger partial charge in [0.05, 0.1) is 0 Å². The predicted octanol–water partition coefficient (Wildman–Crippen LogP) is 2.28. The molecule has 0 radical (unpaired) electrons. The van der Waals surface area contributed by atoms with E-state index in [2.05, 4.69) is 37.0 Å². The highest BCUT2D eigenvalue weighted by molar-refractivity contribution is 5.12. The second kappa shape index (κ2) is 7.29. The molecule has 0 aliphatic rings. The van der Waals surface area contributed by atoms with Crippen molar-refractivity contribution in [2.75, 3.05) is 13.6 Å². The summed E-state index contributed by atoms with van der Waals surface area (Å²) in [6.07, 6.45) is 9.10. The summed E-state index contributed by atoms with van der Waals surface area (Å²) in [7, 11) is 1.95. The van der Waals surface area contributed by atoms with E-state index in [1.807, 2.05) is 13.1 Å². The molecule has 0 amide bonds. The summed E-state index contributed by atoms with van der Waals surface area (Å²) in [6, 6.07) is 0. The van der Waals surface area contributed by atoms with E-state index in [0.717, 1.165) is 13.0 Å². The quantitative estimate of drug-likeness (QED) is 0.469. The Morgan fingerprint density at radius 1 is 1.55 bits per heavy atom. The number of hydrogen-bond acceptors (Lipinski definition) is 1. The smallest absolute Gasteiger partial charge is 0.0161 e. The lowest BCUT2D eigenvalue weighted by molar-refractivity contribution is 0.880. The molecule has 0 rings (SSSR count). The van der Waals surface area contributed by atoms with Crippen molar-refractivity contribution >= 4 is 0 Å². The van der Waals surface area contributed by atoms with E-state index in [-0.39, 0.29) is 0 Å². The van der Waals surface area contributed by atoms with Crippen LogP contribution in [0.15, 0.2) is 36.5 Å². The molecule has 0 bridgehead atoms. The fourth-order valence-corrected chi connectivity index (χ4v) is 0.745. The van der Waals surface area contributed by atoms with E-state index in [0.29, 0.717) is 0 Å². The maximum atomic E-state index is 3.63. The van der Waals surface area contributed by atoms with E-state index >= 15 is 0 Å². The van der Waals surface area contributed by atoms with Gasteiger partial charge in [0.2, 0.25) is 0 Å². The van der Waals surface area contributed by atoms with Crippen molar-refractivity contribution in [1.29, 1.82) is 0 Å². The molecule has 0 unspecified atom stereocenters. The summed E-state index contributed by atoms with van der Waals surface area (Å²) in [5.74, 6) is 0. The van der Waals surface area contributed by atoms with Crippen LogP contribution in [0.1, 0.15) is 13.3 Å². The Morgan fingerprint density at radius 3 is 2.82 bits per heavy atom. The summed E-state index contributed by atoms with van der Waals surface area (Å²) >= 11 is 0. The average Bonchev–Trinajstić information content (AvgIpc) is 1.99. The number of nitrogens with one attached hydrogen (secondary N) is 1. The number of allylic oxidation sites excluding steroid dienone is 4. The minimum atomic E-state index is 0.948. The topological polar surface area (TPSA) is 12.0 Å². The minimum absolute atomic E-state index is 0.948. The first-order chi connectivity index (χ1) is 5.31. The molecule has 0 atom stereocenters. The summed E-state index contributed by atoms with van der Waals surface area (Å²) in [5.41, 5.74) is 1.34.